The number of hydrogen-bond donors (Lipinski definition) is 2. The molecule has 1 saturated carbocycles. The molecule has 2 unspecified atom stereocenters. The minimum Gasteiger partial charge on any atom is -0.441 e. The van der Waals surface area contributed by atoms with E-state index >= 15 is 0 Å². The van der Waals surface area contributed by atoms with Crippen molar-refractivity contribution in [2.45, 2.75) is 32.8 Å². The smallest absolute Gasteiger partial charge is 0.412 e. The Bertz CT molecular complexity index is 1450. The van der Waals surface area contributed by atoms with Gasteiger partial charge in [-0.1, -0.05) is 35.5 Å². The highest BCUT2D eigenvalue weighted by atomic mass is 32.2. The molecule has 0 saturated heterocycles. The lowest BCUT2D eigenvalue weighted by Gasteiger charge is -2.35. The van der Waals surface area contributed by atoms with Gasteiger partial charge in [0.2, 0.25) is 5.76 Å². The fourth-order valence-electron chi connectivity index (χ4n) is 4.01. The Hall–Kier alpha value is -3.32. The summed E-state index contributed by atoms with van der Waals surface area (Å²) in [5, 5.41) is 17.4. The number of carbonyl (C=O) groups is 1. The van der Waals surface area contributed by atoms with Crippen LogP contribution in [0.3, 0.4) is 0 Å². The molecule has 3 aromatic rings. The van der Waals surface area contributed by atoms with Gasteiger partial charge in [-0.05, 0) is 50.2 Å². The number of ether oxygens (including phenoxy) is 1. The SMILES string of the molecule is Cc1noc(C#Cc2cc3c(s2)C=C2S(=C(O)C24CC4)O3)c1NC(=O)OC(C)c1ccccc1. The second kappa shape index (κ2) is 7.87. The van der Waals surface area contributed by atoms with E-state index in [9.17, 15) is 9.90 Å². The zero-order valence-electron chi connectivity index (χ0n) is 18.4. The number of rotatable bonds is 3. The van der Waals surface area contributed by atoms with Crippen molar-refractivity contribution < 1.29 is 23.3 Å². The van der Waals surface area contributed by atoms with Crippen molar-refractivity contribution in [2.24, 2.45) is 5.41 Å². The third kappa shape index (κ3) is 3.46. The number of aromatic nitrogens is 1. The van der Waals surface area contributed by atoms with Crippen molar-refractivity contribution in [1.29, 1.82) is 0 Å². The van der Waals surface area contributed by atoms with E-state index in [0.717, 1.165) is 33.9 Å². The molecule has 34 heavy (non-hydrogen) atoms. The van der Waals surface area contributed by atoms with Gasteiger partial charge in [0.05, 0.1) is 25.9 Å². The highest BCUT2D eigenvalue weighted by Gasteiger charge is 2.60. The number of hydrogen-bond acceptors (Lipinski definition) is 6. The standard InChI is InChI=1S/C25H20N2O5S2/c1-14-22(26-24(29)30-15(2)16-6-4-3-5-7-16)18(31-27-14)9-8-17-12-19-20(33-17)13-21-25(10-11-25)23(28)34(21)32-19/h3-7,12-13,15,28H,10-11H2,1-2H3,(H,26,29). The summed E-state index contributed by atoms with van der Waals surface area (Å²) in [7, 11) is -0.618. The molecule has 1 aliphatic carbocycles. The number of carbonyl (C=O) groups excluding carboxylic acids is 1. The first kappa shape index (κ1) is 21.2. The molecule has 172 valence electrons. The van der Waals surface area contributed by atoms with Crippen LogP contribution >= 0.6 is 22.1 Å². The predicted octanol–water partition coefficient (Wildman–Crippen LogP) is 6.15. The molecular weight excluding hydrogens is 472 g/mol. The summed E-state index contributed by atoms with van der Waals surface area (Å²) >= 11 is 1.52. The van der Waals surface area contributed by atoms with Crippen LogP contribution in [0.15, 0.2) is 45.8 Å². The number of fused-ring (bicyclic) bond motifs is 3. The fraction of sp³-hybridized carbons (Fsp3) is 0.240. The number of benzene rings is 1. The Morgan fingerprint density at radius 1 is 1.32 bits per heavy atom. The Labute approximate surface area is 202 Å². The molecule has 4 heterocycles. The highest BCUT2D eigenvalue weighted by Crippen LogP contribution is 2.69. The van der Waals surface area contributed by atoms with E-state index in [1.165, 1.54) is 16.2 Å². The average Bonchev–Trinajstić information content (AvgIpc) is 3.49. The van der Waals surface area contributed by atoms with Gasteiger partial charge in [-0.2, -0.15) is 0 Å². The van der Waals surface area contributed by atoms with Crippen molar-refractivity contribution in [2.75, 3.05) is 5.32 Å². The van der Waals surface area contributed by atoms with Crippen LogP contribution in [0.1, 0.15) is 52.6 Å². The Morgan fingerprint density at radius 3 is 2.88 bits per heavy atom. The summed E-state index contributed by atoms with van der Waals surface area (Å²) < 4.78 is 16.8. The van der Waals surface area contributed by atoms with Crippen LogP contribution in [-0.2, 0) is 4.74 Å². The minimum atomic E-state index is -0.618. The van der Waals surface area contributed by atoms with Gasteiger partial charge in [-0.25, -0.2) is 4.79 Å². The number of aliphatic hydroxyl groups is 1. The predicted molar refractivity (Wildman–Crippen MR) is 132 cm³/mol. The van der Waals surface area contributed by atoms with Crippen molar-refractivity contribution >= 4 is 45.0 Å². The molecule has 0 bridgehead atoms. The van der Waals surface area contributed by atoms with E-state index in [1.54, 1.807) is 13.8 Å². The first-order chi connectivity index (χ1) is 16.4. The van der Waals surface area contributed by atoms with Crippen LogP contribution in [0.4, 0.5) is 10.5 Å². The normalized spacial score (nSPS) is 19.4. The van der Waals surface area contributed by atoms with E-state index in [-0.39, 0.29) is 11.2 Å². The lowest BCUT2D eigenvalue weighted by atomic mass is 10.1. The molecule has 2 aliphatic heterocycles. The summed E-state index contributed by atoms with van der Waals surface area (Å²) in [4.78, 5) is 15.5. The number of anilines is 1. The van der Waals surface area contributed by atoms with Gasteiger partial charge < -0.3 is 18.5 Å². The number of amides is 1. The first-order valence-electron chi connectivity index (χ1n) is 10.8. The zero-order valence-corrected chi connectivity index (χ0v) is 20.0. The van der Waals surface area contributed by atoms with Crippen LogP contribution in [0.25, 0.3) is 6.08 Å². The van der Waals surface area contributed by atoms with E-state index in [1.807, 2.05) is 36.4 Å². The van der Waals surface area contributed by atoms with Crippen molar-refractivity contribution in [1.82, 2.24) is 5.16 Å². The zero-order chi connectivity index (χ0) is 23.4. The maximum absolute atomic E-state index is 12.5. The van der Waals surface area contributed by atoms with Crippen LogP contribution in [0.5, 0.6) is 5.75 Å². The van der Waals surface area contributed by atoms with Crippen molar-refractivity contribution in [3.05, 3.63) is 68.1 Å². The Kier molecular flexibility index (Phi) is 4.92. The third-order valence-electron chi connectivity index (χ3n) is 6.11. The Balaban J connectivity index is 1.18. The molecular formula is C25H20N2O5S2. The van der Waals surface area contributed by atoms with Crippen LogP contribution in [-0.4, -0.2) is 21.4 Å². The largest absolute Gasteiger partial charge is 0.441 e. The number of aryl methyl sites for hydroxylation is 1. The lowest BCUT2D eigenvalue weighted by Crippen LogP contribution is -2.30. The molecule has 1 fully saturated rings. The monoisotopic (exact) mass is 492 g/mol. The molecule has 2 atom stereocenters. The number of nitrogens with zero attached hydrogens (tertiary/aromatic N) is 1. The second-order valence-electron chi connectivity index (χ2n) is 8.39. The fourth-order valence-corrected chi connectivity index (χ4v) is 7.11. The number of nitrogens with one attached hydrogen (secondary N) is 1. The molecule has 9 heteroatoms. The van der Waals surface area contributed by atoms with Crippen molar-refractivity contribution in [3.8, 4) is 17.6 Å². The number of thiophene rings is 1. The highest BCUT2D eigenvalue weighted by molar-refractivity contribution is 8.17. The van der Waals surface area contributed by atoms with Gasteiger partial charge in [-0.15, -0.1) is 11.3 Å². The van der Waals surface area contributed by atoms with Gasteiger partial charge in [0, 0.05) is 11.0 Å². The molecule has 2 N–H and O–H groups in total. The van der Waals surface area contributed by atoms with E-state index < -0.39 is 23.0 Å². The minimum absolute atomic E-state index is 0.110. The molecule has 7 nitrogen and oxygen atoms in total. The Morgan fingerprint density at radius 2 is 2.12 bits per heavy atom. The van der Waals surface area contributed by atoms with Gasteiger partial charge in [0.15, 0.2) is 5.75 Å². The molecule has 1 aromatic carbocycles. The molecule has 3 aliphatic rings. The van der Waals surface area contributed by atoms with Gasteiger partial charge in [0.25, 0.3) is 0 Å². The second-order valence-corrected chi connectivity index (χ2v) is 11.0. The maximum atomic E-state index is 12.5. The van der Waals surface area contributed by atoms with E-state index in [0.29, 0.717) is 16.4 Å². The third-order valence-corrected chi connectivity index (χ3v) is 9.08. The van der Waals surface area contributed by atoms with Gasteiger partial charge in [0.1, 0.15) is 22.5 Å². The van der Waals surface area contributed by atoms with Gasteiger partial charge >= 0.3 is 6.09 Å². The summed E-state index contributed by atoms with van der Waals surface area (Å²) in [5.41, 5.74) is 1.67. The molecule has 2 aromatic heterocycles. The summed E-state index contributed by atoms with van der Waals surface area (Å²) in [6, 6.07) is 11.4. The first-order valence-corrected chi connectivity index (χ1v) is 12.8. The molecule has 1 spiro atoms. The number of aliphatic hydroxyl groups excluding tert-OH is 1. The average molecular weight is 493 g/mol. The quantitative estimate of drug-likeness (QED) is 0.336. The van der Waals surface area contributed by atoms with Crippen molar-refractivity contribution in [3.63, 3.8) is 0 Å². The van der Waals surface area contributed by atoms with Crippen LogP contribution in [0, 0.1) is 24.2 Å². The maximum Gasteiger partial charge on any atom is 0.412 e. The lowest BCUT2D eigenvalue weighted by molar-refractivity contribution is 0.121. The van der Waals surface area contributed by atoms with E-state index in [4.69, 9.17) is 13.4 Å². The summed E-state index contributed by atoms with van der Waals surface area (Å²) in [5.74, 6) is 7.01. The van der Waals surface area contributed by atoms with Crippen LogP contribution < -0.4 is 9.50 Å². The summed E-state index contributed by atoms with van der Waals surface area (Å²) in [6.45, 7) is 3.53. The van der Waals surface area contributed by atoms with Gasteiger partial charge in [-0.3, -0.25) is 5.32 Å². The summed E-state index contributed by atoms with van der Waals surface area (Å²) in [6.07, 6.45) is 3.11. The molecule has 6 rings (SSSR count). The topological polar surface area (TPSA) is 93.8 Å². The van der Waals surface area contributed by atoms with E-state index in [2.05, 4.69) is 28.4 Å². The molecule has 1 amide bonds. The molecule has 0 radical (unpaired) electrons. The van der Waals surface area contributed by atoms with Crippen LogP contribution in [0.2, 0.25) is 0 Å².